The minimum Gasteiger partial charge on any atom is -0.493 e. The third kappa shape index (κ3) is 2.22. The van der Waals surface area contributed by atoms with Crippen LogP contribution in [0, 0.1) is 0 Å². The van der Waals surface area contributed by atoms with Crippen LogP contribution >= 0.6 is 0 Å². The summed E-state index contributed by atoms with van der Waals surface area (Å²) in [5.74, 6) is 1.92. The highest BCUT2D eigenvalue weighted by molar-refractivity contribution is 5.81. The number of ether oxygens (including phenoxy) is 2. The van der Waals surface area contributed by atoms with Gasteiger partial charge in [-0.25, -0.2) is 0 Å². The summed E-state index contributed by atoms with van der Waals surface area (Å²) in [7, 11) is 5.45. The topological polar surface area (TPSA) is 38.8 Å². The second-order valence-electron chi connectivity index (χ2n) is 6.22. The minimum atomic E-state index is 0.0855. The molecule has 0 N–H and O–H groups in total. The summed E-state index contributed by atoms with van der Waals surface area (Å²) >= 11 is 0. The number of Topliss-reactive ketones (excluding diaryl/α,β-unsaturated/α-hetero) is 1. The maximum atomic E-state index is 11.9. The van der Waals surface area contributed by atoms with Gasteiger partial charge in [-0.3, -0.25) is 4.79 Å². The van der Waals surface area contributed by atoms with E-state index in [4.69, 9.17) is 9.47 Å². The Morgan fingerprint density at radius 2 is 1.95 bits per heavy atom. The second kappa shape index (κ2) is 5.34. The molecule has 1 heterocycles. The van der Waals surface area contributed by atoms with Crippen LogP contribution in [0.25, 0.3) is 0 Å². The molecule has 114 valence electrons. The quantitative estimate of drug-likeness (QED) is 0.856. The molecule has 0 spiro atoms. The summed E-state index contributed by atoms with van der Waals surface area (Å²) in [6.45, 7) is 1.05. The van der Waals surface area contributed by atoms with Gasteiger partial charge in [0.2, 0.25) is 0 Å². The number of hydrogen-bond acceptors (Lipinski definition) is 4. The van der Waals surface area contributed by atoms with Gasteiger partial charge < -0.3 is 14.4 Å². The van der Waals surface area contributed by atoms with E-state index in [1.54, 1.807) is 14.2 Å². The molecular formula is C17H23NO3. The number of carbonyl (C=O) groups excluding carboxylic acids is 1. The van der Waals surface area contributed by atoms with Crippen LogP contribution in [0.2, 0.25) is 0 Å². The second-order valence-corrected chi connectivity index (χ2v) is 6.22. The number of benzene rings is 1. The first-order valence-corrected chi connectivity index (χ1v) is 7.55. The van der Waals surface area contributed by atoms with Crippen LogP contribution in [0.4, 0.5) is 0 Å². The van der Waals surface area contributed by atoms with Crippen molar-refractivity contribution in [2.24, 2.45) is 0 Å². The van der Waals surface area contributed by atoms with E-state index >= 15 is 0 Å². The van der Waals surface area contributed by atoms with E-state index in [0.717, 1.165) is 30.9 Å². The van der Waals surface area contributed by atoms with Crippen molar-refractivity contribution in [1.29, 1.82) is 0 Å². The van der Waals surface area contributed by atoms with Gasteiger partial charge in [0, 0.05) is 24.3 Å². The SMILES string of the molecule is COc1ccc([C@]23CCC(=O)C[C@@H]2N(C)CC3)cc1OC. The number of methoxy groups -OCH3 is 2. The predicted molar refractivity (Wildman–Crippen MR) is 81.1 cm³/mol. The molecule has 0 amide bonds. The zero-order valence-electron chi connectivity index (χ0n) is 13.0. The summed E-state index contributed by atoms with van der Waals surface area (Å²) in [6, 6.07) is 6.54. The number of ketones is 1. The number of likely N-dealkylation sites (N-methyl/N-ethyl adjacent to an activating group) is 1. The van der Waals surface area contributed by atoms with Gasteiger partial charge in [0.25, 0.3) is 0 Å². The van der Waals surface area contributed by atoms with Crippen LogP contribution in [-0.4, -0.2) is 44.5 Å². The molecule has 1 saturated carbocycles. The smallest absolute Gasteiger partial charge is 0.161 e. The Bertz CT molecular complexity index is 557. The van der Waals surface area contributed by atoms with Gasteiger partial charge >= 0.3 is 0 Å². The first kappa shape index (κ1) is 14.4. The van der Waals surface area contributed by atoms with E-state index in [9.17, 15) is 4.79 Å². The molecule has 0 unspecified atom stereocenters. The Morgan fingerprint density at radius 3 is 2.67 bits per heavy atom. The average molecular weight is 289 g/mol. The summed E-state index contributed by atoms with van der Waals surface area (Å²) in [5, 5.41) is 0. The summed E-state index contributed by atoms with van der Waals surface area (Å²) in [6.07, 6.45) is 3.41. The van der Waals surface area contributed by atoms with Gasteiger partial charge in [-0.15, -0.1) is 0 Å². The van der Waals surface area contributed by atoms with Crippen LogP contribution in [0.15, 0.2) is 18.2 Å². The molecule has 3 rings (SSSR count). The van der Waals surface area contributed by atoms with E-state index < -0.39 is 0 Å². The van der Waals surface area contributed by atoms with Crippen molar-refractivity contribution in [3.63, 3.8) is 0 Å². The lowest BCUT2D eigenvalue weighted by Gasteiger charge is -2.41. The summed E-state index contributed by atoms with van der Waals surface area (Å²) in [4.78, 5) is 14.2. The number of rotatable bonds is 3. The van der Waals surface area contributed by atoms with E-state index in [0.29, 0.717) is 24.7 Å². The van der Waals surface area contributed by atoms with Crippen LogP contribution < -0.4 is 9.47 Å². The monoisotopic (exact) mass is 289 g/mol. The molecule has 4 heteroatoms. The van der Waals surface area contributed by atoms with Crippen molar-refractivity contribution in [3.8, 4) is 11.5 Å². The first-order valence-electron chi connectivity index (χ1n) is 7.55. The first-order chi connectivity index (χ1) is 10.1. The zero-order chi connectivity index (χ0) is 15.0. The third-order valence-electron chi connectivity index (χ3n) is 5.31. The highest BCUT2D eigenvalue weighted by Gasteiger charge is 2.50. The maximum Gasteiger partial charge on any atom is 0.161 e. The third-order valence-corrected chi connectivity index (χ3v) is 5.31. The molecule has 2 atom stereocenters. The Morgan fingerprint density at radius 1 is 1.19 bits per heavy atom. The van der Waals surface area contributed by atoms with Crippen LogP contribution in [0.5, 0.6) is 11.5 Å². The van der Waals surface area contributed by atoms with Gasteiger partial charge in [0.05, 0.1) is 14.2 Å². The molecule has 1 saturated heterocycles. The summed E-state index contributed by atoms with van der Waals surface area (Å²) < 4.78 is 10.8. The van der Waals surface area contributed by atoms with Crippen LogP contribution in [0.1, 0.15) is 31.2 Å². The lowest BCUT2D eigenvalue weighted by Crippen LogP contribution is -2.46. The van der Waals surface area contributed by atoms with Crippen molar-refractivity contribution in [2.45, 2.75) is 37.1 Å². The molecule has 2 fully saturated rings. The Labute approximate surface area is 126 Å². The molecule has 0 bridgehead atoms. The van der Waals surface area contributed by atoms with Crippen molar-refractivity contribution in [3.05, 3.63) is 23.8 Å². The fraction of sp³-hybridized carbons (Fsp3) is 0.588. The molecular weight excluding hydrogens is 266 g/mol. The Kier molecular flexibility index (Phi) is 3.66. The van der Waals surface area contributed by atoms with Gasteiger partial charge in [-0.05, 0) is 44.1 Å². The average Bonchev–Trinajstić information content (AvgIpc) is 2.85. The number of carbonyl (C=O) groups is 1. The molecule has 1 aliphatic heterocycles. The number of hydrogen-bond donors (Lipinski definition) is 0. The molecule has 1 aromatic carbocycles. The molecule has 21 heavy (non-hydrogen) atoms. The van der Waals surface area contributed by atoms with Gasteiger partial charge in [-0.1, -0.05) is 6.07 Å². The van der Waals surface area contributed by atoms with E-state index in [1.807, 2.05) is 6.07 Å². The van der Waals surface area contributed by atoms with Crippen LogP contribution in [-0.2, 0) is 10.2 Å². The van der Waals surface area contributed by atoms with Crippen molar-refractivity contribution in [1.82, 2.24) is 4.90 Å². The summed E-state index contributed by atoms with van der Waals surface area (Å²) in [5.41, 5.74) is 1.37. The van der Waals surface area contributed by atoms with Crippen molar-refractivity contribution >= 4 is 5.78 Å². The Hall–Kier alpha value is -1.55. The van der Waals surface area contributed by atoms with E-state index in [2.05, 4.69) is 24.1 Å². The number of likely N-dealkylation sites (tertiary alicyclic amines) is 1. The van der Waals surface area contributed by atoms with Gasteiger partial charge in [0.15, 0.2) is 11.5 Å². The highest BCUT2D eigenvalue weighted by Crippen LogP contribution is 2.48. The molecule has 0 radical (unpaired) electrons. The largest absolute Gasteiger partial charge is 0.493 e. The number of nitrogens with zero attached hydrogens (tertiary/aromatic N) is 1. The van der Waals surface area contributed by atoms with Gasteiger partial charge in [0.1, 0.15) is 5.78 Å². The van der Waals surface area contributed by atoms with E-state index in [1.165, 1.54) is 5.56 Å². The number of fused-ring (bicyclic) bond motifs is 1. The Balaban J connectivity index is 2.03. The van der Waals surface area contributed by atoms with Crippen molar-refractivity contribution < 1.29 is 14.3 Å². The fourth-order valence-corrected chi connectivity index (χ4v) is 4.07. The van der Waals surface area contributed by atoms with Crippen molar-refractivity contribution in [2.75, 3.05) is 27.8 Å². The van der Waals surface area contributed by atoms with Crippen LogP contribution in [0.3, 0.4) is 0 Å². The molecule has 0 aromatic heterocycles. The minimum absolute atomic E-state index is 0.0855. The normalized spacial score (nSPS) is 29.3. The zero-order valence-corrected chi connectivity index (χ0v) is 13.0. The van der Waals surface area contributed by atoms with E-state index in [-0.39, 0.29) is 5.41 Å². The van der Waals surface area contributed by atoms with Gasteiger partial charge in [-0.2, -0.15) is 0 Å². The predicted octanol–water partition coefficient (Wildman–Crippen LogP) is 2.40. The standard InChI is InChI=1S/C17H23NO3/c1-18-9-8-17(7-6-13(19)11-16(17)18)12-4-5-14(20-2)15(10-12)21-3/h4-5,10,16H,6-9,11H2,1-3H3/t16-,17+/m0/s1. The molecule has 2 aliphatic rings. The lowest BCUT2D eigenvalue weighted by molar-refractivity contribution is -0.122. The molecule has 4 nitrogen and oxygen atoms in total. The highest BCUT2D eigenvalue weighted by atomic mass is 16.5. The lowest BCUT2D eigenvalue weighted by atomic mass is 9.66. The molecule has 1 aromatic rings. The molecule has 1 aliphatic carbocycles. The fourth-order valence-electron chi connectivity index (χ4n) is 4.07. The maximum absolute atomic E-state index is 11.9.